The third-order valence-corrected chi connectivity index (χ3v) is 6.36. The van der Waals surface area contributed by atoms with Crippen molar-refractivity contribution in [2.24, 2.45) is 0 Å². The Morgan fingerprint density at radius 1 is 0.414 bits per heavy atom. The van der Waals surface area contributed by atoms with Gasteiger partial charge in [0.15, 0.2) is 0 Å². The number of hydrogen-bond donors (Lipinski definition) is 2. The summed E-state index contributed by atoms with van der Waals surface area (Å²) in [7, 11) is 0. The summed E-state index contributed by atoms with van der Waals surface area (Å²) in [6.07, 6.45) is 31.7. The summed E-state index contributed by atoms with van der Waals surface area (Å²) in [5.41, 5.74) is 0. The third-order valence-electron chi connectivity index (χ3n) is 6.05. The Morgan fingerprint density at radius 3 is 0.828 bits per heavy atom. The molecule has 0 rings (SSSR count). The third kappa shape index (κ3) is 27.8. The molecule has 3 heteroatoms. The quantitative estimate of drug-likeness (QED) is 0.112. The molecule has 0 saturated heterocycles. The van der Waals surface area contributed by atoms with Gasteiger partial charge in [-0.1, -0.05) is 135 Å². The first-order valence-electron chi connectivity index (χ1n) is 13.1. The normalized spacial score (nSPS) is 11.2. The van der Waals surface area contributed by atoms with Crippen LogP contribution in [0, 0.1) is 0 Å². The van der Waals surface area contributed by atoms with E-state index >= 15 is 0 Å². The molecule has 0 heterocycles. The van der Waals surface area contributed by atoms with Crippen molar-refractivity contribution in [3.05, 3.63) is 0 Å². The van der Waals surface area contributed by atoms with E-state index in [1.54, 1.807) is 0 Å². The second-order valence-electron chi connectivity index (χ2n) is 9.00. The first-order valence-corrected chi connectivity index (χ1v) is 13.7. The van der Waals surface area contributed by atoms with Crippen LogP contribution in [0.15, 0.2) is 0 Å². The number of carboxylic acid groups (broad SMARTS) is 1. The molecular formula is C26H52O2S. The highest BCUT2D eigenvalue weighted by Crippen LogP contribution is 2.15. The maximum Gasteiger partial charge on any atom is 0.303 e. The van der Waals surface area contributed by atoms with Crippen LogP contribution >= 0.6 is 12.6 Å². The zero-order valence-electron chi connectivity index (χ0n) is 19.5. The van der Waals surface area contributed by atoms with Crippen molar-refractivity contribution < 1.29 is 9.90 Å². The molecule has 0 aliphatic rings. The number of rotatable bonds is 25. The van der Waals surface area contributed by atoms with Gasteiger partial charge in [0.1, 0.15) is 0 Å². The summed E-state index contributed by atoms with van der Waals surface area (Å²) in [6, 6.07) is 0. The maximum atomic E-state index is 10.4. The fourth-order valence-electron chi connectivity index (χ4n) is 4.10. The zero-order chi connectivity index (χ0) is 21.3. The van der Waals surface area contributed by atoms with Gasteiger partial charge in [0.05, 0.1) is 0 Å². The zero-order valence-corrected chi connectivity index (χ0v) is 20.4. The molecule has 0 aliphatic carbocycles. The molecule has 0 bridgehead atoms. The first kappa shape index (κ1) is 28.8. The van der Waals surface area contributed by atoms with Crippen molar-refractivity contribution in [2.45, 2.75) is 154 Å². The molecule has 0 radical (unpaired) electrons. The van der Waals surface area contributed by atoms with E-state index in [0.29, 0.717) is 6.42 Å². The van der Waals surface area contributed by atoms with E-state index in [0.717, 1.165) is 18.6 Å². The summed E-state index contributed by atoms with van der Waals surface area (Å²) >= 11 is 4.26. The van der Waals surface area contributed by atoms with Gasteiger partial charge >= 0.3 is 5.97 Å². The minimum Gasteiger partial charge on any atom is -0.481 e. The Morgan fingerprint density at radius 2 is 0.621 bits per heavy atom. The predicted octanol–water partition coefficient (Wildman–Crippen LogP) is 9.36. The molecule has 0 saturated carbocycles. The molecule has 0 aromatic heterocycles. The van der Waals surface area contributed by atoms with E-state index < -0.39 is 5.97 Å². The molecule has 29 heavy (non-hydrogen) atoms. The average Bonchev–Trinajstić information content (AvgIpc) is 2.71. The Bertz CT molecular complexity index is 320. The Hall–Kier alpha value is -0.180. The smallest absolute Gasteiger partial charge is 0.303 e. The van der Waals surface area contributed by atoms with Gasteiger partial charge in [-0.3, -0.25) is 4.79 Å². The summed E-state index contributed by atoms with van der Waals surface area (Å²) < 4.78 is 0. The van der Waals surface area contributed by atoms with Gasteiger partial charge in [-0.15, -0.1) is 0 Å². The lowest BCUT2D eigenvalue weighted by molar-refractivity contribution is -0.137. The fourth-order valence-corrected chi connectivity index (χ4v) is 4.32. The Kier molecular flexibility index (Phi) is 25.7. The first-order chi connectivity index (χ1) is 14.3. The molecule has 0 spiro atoms. The lowest BCUT2D eigenvalue weighted by Crippen LogP contribution is -1.93. The molecule has 0 aliphatic heterocycles. The monoisotopic (exact) mass is 428 g/mol. The van der Waals surface area contributed by atoms with Gasteiger partial charge < -0.3 is 5.11 Å². The van der Waals surface area contributed by atoms with Crippen LogP contribution in [0.5, 0.6) is 0 Å². The van der Waals surface area contributed by atoms with Crippen LogP contribution in [-0.4, -0.2) is 16.8 Å². The summed E-state index contributed by atoms with van der Waals surface area (Å²) in [5.74, 6) is 0.405. The Labute approximate surface area is 188 Å². The highest BCUT2D eigenvalue weighted by atomic mass is 32.1. The van der Waals surface area contributed by atoms with Crippen LogP contribution in [0.3, 0.4) is 0 Å². The van der Waals surface area contributed by atoms with Crippen LogP contribution in [0.2, 0.25) is 0 Å². The molecule has 0 aromatic carbocycles. The second-order valence-corrected chi connectivity index (χ2v) is 9.45. The number of unbranched alkanes of at least 4 members (excludes halogenated alkanes) is 22. The molecule has 1 N–H and O–H groups in total. The van der Waals surface area contributed by atoms with Crippen LogP contribution in [0.25, 0.3) is 0 Å². The van der Waals surface area contributed by atoms with Crippen LogP contribution < -0.4 is 0 Å². The molecule has 0 fully saturated rings. The van der Waals surface area contributed by atoms with Crippen molar-refractivity contribution >= 4 is 18.6 Å². The number of carbonyl (C=O) groups is 1. The molecular weight excluding hydrogens is 376 g/mol. The summed E-state index contributed by atoms with van der Waals surface area (Å²) in [4.78, 5) is 10.4. The van der Waals surface area contributed by atoms with E-state index in [-0.39, 0.29) is 0 Å². The van der Waals surface area contributed by atoms with Crippen molar-refractivity contribution in [3.63, 3.8) is 0 Å². The van der Waals surface area contributed by atoms with Gasteiger partial charge in [0.2, 0.25) is 0 Å². The van der Waals surface area contributed by atoms with Gasteiger partial charge in [0.25, 0.3) is 0 Å². The topological polar surface area (TPSA) is 37.3 Å². The van der Waals surface area contributed by atoms with Gasteiger partial charge in [0, 0.05) is 6.42 Å². The molecule has 0 unspecified atom stereocenters. The highest BCUT2D eigenvalue weighted by molar-refractivity contribution is 7.80. The van der Waals surface area contributed by atoms with Gasteiger partial charge in [-0.2, -0.15) is 12.6 Å². The van der Waals surface area contributed by atoms with E-state index in [4.69, 9.17) is 5.11 Å². The second kappa shape index (κ2) is 25.9. The molecule has 174 valence electrons. The van der Waals surface area contributed by atoms with Crippen LogP contribution in [0.4, 0.5) is 0 Å². The lowest BCUT2D eigenvalue weighted by atomic mass is 10.0. The molecule has 0 amide bonds. The molecule has 0 atom stereocenters. The van der Waals surface area contributed by atoms with Crippen molar-refractivity contribution in [1.29, 1.82) is 0 Å². The van der Waals surface area contributed by atoms with Crippen LogP contribution in [-0.2, 0) is 4.79 Å². The van der Waals surface area contributed by atoms with Gasteiger partial charge in [-0.25, -0.2) is 0 Å². The van der Waals surface area contributed by atoms with Crippen molar-refractivity contribution in [2.75, 3.05) is 5.75 Å². The van der Waals surface area contributed by atoms with Crippen LogP contribution in [0.1, 0.15) is 154 Å². The van der Waals surface area contributed by atoms with E-state index in [2.05, 4.69) is 12.6 Å². The van der Waals surface area contributed by atoms with Crippen molar-refractivity contribution in [1.82, 2.24) is 0 Å². The highest BCUT2D eigenvalue weighted by Gasteiger charge is 1.97. The summed E-state index contributed by atoms with van der Waals surface area (Å²) in [5, 5.41) is 8.59. The standard InChI is InChI=1S/C26H52O2S/c27-26(28)24-22-20-18-16-14-12-10-8-6-4-2-1-3-5-7-9-11-13-15-17-19-21-23-25-29/h29H,1-25H2,(H,27,28). The van der Waals surface area contributed by atoms with Crippen molar-refractivity contribution in [3.8, 4) is 0 Å². The lowest BCUT2D eigenvalue weighted by Gasteiger charge is -2.04. The number of hydrogen-bond acceptors (Lipinski definition) is 2. The fraction of sp³-hybridized carbons (Fsp3) is 0.962. The predicted molar refractivity (Wildman–Crippen MR) is 132 cm³/mol. The number of carboxylic acids is 1. The van der Waals surface area contributed by atoms with E-state index in [1.807, 2.05) is 0 Å². The SMILES string of the molecule is O=C(O)CCCCCCCCCCCCCCCCCCCCCCCCCS. The minimum absolute atomic E-state index is 0.345. The number of aliphatic carboxylic acids is 1. The molecule has 2 nitrogen and oxygen atoms in total. The minimum atomic E-state index is -0.651. The van der Waals surface area contributed by atoms with Gasteiger partial charge in [-0.05, 0) is 18.6 Å². The maximum absolute atomic E-state index is 10.4. The van der Waals surface area contributed by atoms with E-state index in [1.165, 1.54) is 135 Å². The number of thiol groups is 1. The largest absolute Gasteiger partial charge is 0.481 e. The summed E-state index contributed by atoms with van der Waals surface area (Å²) in [6.45, 7) is 0. The molecule has 0 aromatic rings. The average molecular weight is 429 g/mol. The Balaban J connectivity index is 2.99. The van der Waals surface area contributed by atoms with E-state index in [9.17, 15) is 4.79 Å².